The largest absolute Gasteiger partial charge is 0.312 e. The minimum absolute atomic E-state index is 0.682. The molecule has 0 bridgehead atoms. The molecule has 18 heavy (non-hydrogen) atoms. The molecule has 2 nitrogen and oxygen atoms in total. The van der Waals surface area contributed by atoms with E-state index >= 15 is 0 Å². The van der Waals surface area contributed by atoms with Gasteiger partial charge in [-0.25, -0.2) is 4.98 Å². The van der Waals surface area contributed by atoms with Crippen LogP contribution in [0.2, 0.25) is 5.02 Å². The van der Waals surface area contributed by atoms with Crippen LogP contribution < -0.4 is 5.32 Å². The van der Waals surface area contributed by atoms with Gasteiger partial charge in [-0.3, -0.25) is 0 Å². The van der Waals surface area contributed by atoms with Crippen molar-refractivity contribution in [3.05, 3.63) is 59.2 Å². The van der Waals surface area contributed by atoms with Crippen LogP contribution in [0.1, 0.15) is 5.56 Å². The maximum Gasteiger partial charge on any atom is 0.0961 e. The van der Waals surface area contributed by atoms with Crippen LogP contribution in [-0.4, -0.2) is 17.3 Å². The molecule has 1 aromatic heterocycles. The lowest BCUT2D eigenvalue weighted by molar-refractivity contribution is 0.732. The Balaban J connectivity index is 1.63. The van der Waals surface area contributed by atoms with Crippen LogP contribution >= 0.6 is 23.4 Å². The van der Waals surface area contributed by atoms with E-state index in [1.165, 1.54) is 5.56 Å². The maximum atomic E-state index is 5.78. The SMILES string of the molecule is Clc1ccc(SCCNCc2ccccc2)nc1. The number of hydrogen-bond donors (Lipinski definition) is 1. The molecule has 0 aliphatic heterocycles. The number of rotatable bonds is 6. The second-order valence-corrected chi connectivity index (χ2v) is 5.38. The molecule has 2 aromatic rings. The van der Waals surface area contributed by atoms with Crippen LogP contribution in [0.25, 0.3) is 0 Å². The molecule has 0 aliphatic rings. The Morgan fingerprint density at radius 1 is 1.11 bits per heavy atom. The van der Waals surface area contributed by atoms with Crippen molar-refractivity contribution in [1.82, 2.24) is 10.3 Å². The van der Waals surface area contributed by atoms with Crippen LogP contribution in [0.4, 0.5) is 0 Å². The van der Waals surface area contributed by atoms with Gasteiger partial charge in [0.25, 0.3) is 0 Å². The van der Waals surface area contributed by atoms with Crippen LogP contribution in [0.15, 0.2) is 53.7 Å². The molecule has 0 aliphatic carbocycles. The summed E-state index contributed by atoms with van der Waals surface area (Å²) in [4.78, 5) is 4.24. The first kappa shape index (κ1) is 13.4. The first-order valence-electron chi connectivity index (χ1n) is 5.83. The van der Waals surface area contributed by atoms with Crippen LogP contribution in [-0.2, 0) is 6.54 Å². The molecule has 1 heterocycles. The first-order chi connectivity index (χ1) is 8.84. The summed E-state index contributed by atoms with van der Waals surface area (Å²) in [6.45, 7) is 1.87. The summed E-state index contributed by atoms with van der Waals surface area (Å²) in [7, 11) is 0. The van der Waals surface area contributed by atoms with Gasteiger partial charge < -0.3 is 5.32 Å². The van der Waals surface area contributed by atoms with Crippen molar-refractivity contribution in [3.8, 4) is 0 Å². The summed E-state index contributed by atoms with van der Waals surface area (Å²) >= 11 is 7.51. The van der Waals surface area contributed by atoms with Gasteiger partial charge >= 0.3 is 0 Å². The molecule has 0 saturated carbocycles. The van der Waals surface area contributed by atoms with Crippen LogP contribution in [0.3, 0.4) is 0 Å². The average Bonchev–Trinajstić information content (AvgIpc) is 2.42. The zero-order valence-electron chi connectivity index (χ0n) is 9.97. The number of nitrogens with zero attached hydrogens (tertiary/aromatic N) is 1. The minimum atomic E-state index is 0.682. The minimum Gasteiger partial charge on any atom is -0.312 e. The molecule has 0 radical (unpaired) electrons. The highest BCUT2D eigenvalue weighted by Gasteiger charge is 1.96. The zero-order valence-corrected chi connectivity index (χ0v) is 11.5. The maximum absolute atomic E-state index is 5.78. The molecule has 0 spiro atoms. The van der Waals surface area contributed by atoms with E-state index in [4.69, 9.17) is 11.6 Å². The molecular weight excluding hydrogens is 264 g/mol. The summed E-state index contributed by atoms with van der Waals surface area (Å²) in [6.07, 6.45) is 1.68. The lowest BCUT2D eigenvalue weighted by Gasteiger charge is -2.04. The number of pyridine rings is 1. The zero-order chi connectivity index (χ0) is 12.6. The molecule has 94 valence electrons. The monoisotopic (exact) mass is 278 g/mol. The normalized spacial score (nSPS) is 10.5. The summed E-state index contributed by atoms with van der Waals surface area (Å²) in [5.41, 5.74) is 1.31. The summed E-state index contributed by atoms with van der Waals surface area (Å²) in [5, 5.41) is 5.11. The molecule has 1 N–H and O–H groups in total. The van der Waals surface area contributed by atoms with Crippen LogP contribution in [0, 0.1) is 0 Å². The van der Waals surface area contributed by atoms with E-state index in [9.17, 15) is 0 Å². The summed E-state index contributed by atoms with van der Waals surface area (Å²) in [6, 6.07) is 14.2. The van der Waals surface area contributed by atoms with Crippen molar-refractivity contribution in [2.75, 3.05) is 12.3 Å². The highest BCUT2D eigenvalue weighted by Crippen LogP contribution is 2.16. The Kier molecular flexibility index (Phi) is 5.52. The number of benzene rings is 1. The average molecular weight is 279 g/mol. The third-order valence-electron chi connectivity index (χ3n) is 2.40. The van der Waals surface area contributed by atoms with E-state index in [1.54, 1.807) is 18.0 Å². The van der Waals surface area contributed by atoms with Gasteiger partial charge in [0.05, 0.1) is 10.0 Å². The van der Waals surface area contributed by atoms with E-state index in [-0.39, 0.29) is 0 Å². The van der Waals surface area contributed by atoms with Gasteiger partial charge in [-0.2, -0.15) is 0 Å². The Morgan fingerprint density at radius 3 is 2.67 bits per heavy atom. The first-order valence-corrected chi connectivity index (χ1v) is 7.20. The van der Waals surface area contributed by atoms with Crippen molar-refractivity contribution >= 4 is 23.4 Å². The number of nitrogens with one attached hydrogen (secondary N) is 1. The highest BCUT2D eigenvalue weighted by molar-refractivity contribution is 7.99. The van der Waals surface area contributed by atoms with Crippen LogP contribution in [0.5, 0.6) is 0 Å². The topological polar surface area (TPSA) is 24.9 Å². The van der Waals surface area contributed by atoms with E-state index in [2.05, 4.69) is 34.6 Å². The fourth-order valence-corrected chi connectivity index (χ4v) is 2.36. The van der Waals surface area contributed by atoms with Crippen molar-refractivity contribution < 1.29 is 0 Å². The standard InChI is InChI=1S/C14H15ClN2S/c15-13-6-7-14(17-11-13)18-9-8-16-10-12-4-2-1-3-5-12/h1-7,11,16H,8-10H2. The molecular formula is C14H15ClN2S. The highest BCUT2D eigenvalue weighted by atomic mass is 35.5. The van der Waals surface area contributed by atoms with Gasteiger partial charge in [0.15, 0.2) is 0 Å². The van der Waals surface area contributed by atoms with Gasteiger partial charge in [0, 0.05) is 25.0 Å². The fraction of sp³-hybridized carbons (Fsp3) is 0.214. The van der Waals surface area contributed by atoms with E-state index in [0.717, 1.165) is 23.9 Å². The molecule has 2 rings (SSSR count). The van der Waals surface area contributed by atoms with E-state index in [0.29, 0.717) is 5.02 Å². The van der Waals surface area contributed by atoms with Crippen molar-refractivity contribution in [2.24, 2.45) is 0 Å². The second kappa shape index (κ2) is 7.41. The fourth-order valence-electron chi connectivity index (χ4n) is 1.50. The molecule has 0 unspecified atom stereocenters. The Hall–Kier alpha value is -1.03. The van der Waals surface area contributed by atoms with Crippen molar-refractivity contribution in [1.29, 1.82) is 0 Å². The molecule has 4 heteroatoms. The Morgan fingerprint density at radius 2 is 1.94 bits per heavy atom. The van der Waals surface area contributed by atoms with E-state index < -0.39 is 0 Å². The number of hydrogen-bond acceptors (Lipinski definition) is 3. The molecule has 0 amide bonds. The number of thioether (sulfide) groups is 1. The smallest absolute Gasteiger partial charge is 0.0961 e. The van der Waals surface area contributed by atoms with Gasteiger partial charge in [0.2, 0.25) is 0 Å². The van der Waals surface area contributed by atoms with Gasteiger partial charge in [0.1, 0.15) is 0 Å². The Bertz CT molecular complexity index is 459. The third kappa shape index (κ3) is 4.69. The molecule has 1 aromatic carbocycles. The molecule has 0 atom stereocenters. The number of aromatic nitrogens is 1. The van der Waals surface area contributed by atoms with Crippen molar-refractivity contribution in [3.63, 3.8) is 0 Å². The quantitative estimate of drug-likeness (QED) is 0.645. The van der Waals surface area contributed by atoms with E-state index in [1.807, 2.05) is 18.2 Å². The predicted molar refractivity (Wildman–Crippen MR) is 78.1 cm³/mol. The molecule has 0 fully saturated rings. The lowest BCUT2D eigenvalue weighted by atomic mass is 10.2. The molecule has 0 saturated heterocycles. The Labute approximate surface area is 117 Å². The van der Waals surface area contributed by atoms with Gasteiger partial charge in [-0.05, 0) is 17.7 Å². The van der Waals surface area contributed by atoms with Gasteiger partial charge in [-0.15, -0.1) is 11.8 Å². The van der Waals surface area contributed by atoms with Crippen molar-refractivity contribution in [2.45, 2.75) is 11.6 Å². The number of halogens is 1. The predicted octanol–water partition coefficient (Wildman–Crippen LogP) is 3.62. The third-order valence-corrected chi connectivity index (χ3v) is 3.57. The summed E-state index contributed by atoms with van der Waals surface area (Å²) < 4.78 is 0. The lowest BCUT2D eigenvalue weighted by Crippen LogP contribution is -2.16. The second-order valence-electron chi connectivity index (χ2n) is 3.83. The summed E-state index contributed by atoms with van der Waals surface area (Å²) in [5.74, 6) is 1.00. The van der Waals surface area contributed by atoms with Gasteiger partial charge in [-0.1, -0.05) is 41.9 Å².